The normalized spacial score (nSPS) is 11.2. The van der Waals surface area contributed by atoms with Crippen molar-refractivity contribution in [3.8, 4) is 0 Å². The van der Waals surface area contributed by atoms with Crippen LogP contribution in [0, 0.1) is 0 Å². The molecular weight excluding hydrogens is 174 g/mol. The van der Waals surface area contributed by atoms with Crippen LogP contribution in [0.25, 0.3) is 10.4 Å². The second kappa shape index (κ2) is 6.05. The third kappa shape index (κ3) is 4.84. The van der Waals surface area contributed by atoms with E-state index in [9.17, 15) is 4.79 Å². The number of aliphatic hydroxyl groups is 1. The van der Waals surface area contributed by atoms with Gasteiger partial charge in [0.05, 0.1) is 12.6 Å². The van der Waals surface area contributed by atoms with E-state index < -0.39 is 12.0 Å². The van der Waals surface area contributed by atoms with Gasteiger partial charge in [-0.1, -0.05) is 11.7 Å². The van der Waals surface area contributed by atoms with Crippen LogP contribution < -0.4 is 0 Å². The van der Waals surface area contributed by atoms with Crippen molar-refractivity contribution in [1.82, 2.24) is 0 Å². The summed E-state index contributed by atoms with van der Waals surface area (Å²) in [5, 5.41) is 11.8. The van der Waals surface area contributed by atoms with Crippen molar-refractivity contribution in [2.75, 3.05) is 13.2 Å². The summed E-state index contributed by atoms with van der Waals surface area (Å²) in [6, 6.07) is -0.728. The molecule has 0 amide bonds. The number of rotatable bonds is 5. The van der Waals surface area contributed by atoms with Gasteiger partial charge in [-0.25, -0.2) is 4.79 Å². The molecule has 13 heavy (non-hydrogen) atoms. The number of ether oxygens (including phenoxy) is 1. The van der Waals surface area contributed by atoms with Crippen LogP contribution in [0.4, 0.5) is 0 Å². The van der Waals surface area contributed by atoms with Crippen molar-refractivity contribution in [3.63, 3.8) is 0 Å². The largest absolute Gasteiger partial charge is 0.462 e. The maximum absolute atomic E-state index is 10.8. The first-order valence-corrected chi connectivity index (χ1v) is 3.59. The molecule has 0 rings (SSSR count). The van der Waals surface area contributed by atoms with Gasteiger partial charge in [-0.2, -0.15) is 0 Å². The highest BCUT2D eigenvalue weighted by atomic mass is 16.5. The van der Waals surface area contributed by atoms with E-state index in [0.717, 1.165) is 0 Å². The monoisotopic (exact) mass is 185 g/mol. The van der Waals surface area contributed by atoms with Gasteiger partial charge in [0, 0.05) is 10.5 Å². The summed E-state index contributed by atoms with van der Waals surface area (Å²) in [6.45, 7) is 4.38. The Bertz CT molecular complexity index is 245. The molecule has 0 heterocycles. The quantitative estimate of drug-likeness (QED) is 0.225. The van der Waals surface area contributed by atoms with Gasteiger partial charge in [-0.05, 0) is 12.5 Å². The molecule has 0 aromatic rings. The minimum Gasteiger partial charge on any atom is -0.462 e. The van der Waals surface area contributed by atoms with Crippen molar-refractivity contribution in [2.24, 2.45) is 5.11 Å². The first kappa shape index (κ1) is 11.5. The van der Waals surface area contributed by atoms with Crippen LogP contribution in [0.2, 0.25) is 0 Å². The summed E-state index contributed by atoms with van der Waals surface area (Å²) in [4.78, 5) is 13.3. The van der Waals surface area contributed by atoms with Crippen LogP contribution in [0.5, 0.6) is 0 Å². The molecule has 0 fully saturated rings. The van der Waals surface area contributed by atoms with E-state index >= 15 is 0 Å². The fourth-order valence-electron chi connectivity index (χ4n) is 0.491. The van der Waals surface area contributed by atoms with E-state index in [2.05, 4.69) is 21.3 Å². The second-order valence-corrected chi connectivity index (χ2v) is 2.42. The van der Waals surface area contributed by atoms with Crippen LogP contribution in [0.15, 0.2) is 17.3 Å². The zero-order valence-electron chi connectivity index (χ0n) is 7.30. The third-order valence-electron chi connectivity index (χ3n) is 1.18. The van der Waals surface area contributed by atoms with Gasteiger partial charge in [0.2, 0.25) is 0 Å². The average Bonchev–Trinajstić information content (AvgIpc) is 2.11. The molecule has 0 bridgehead atoms. The van der Waals surface area contributed by atoms with Crippen molar-refractivity contribution >= 4 is 5.97 Å². The van der Waals surface area contributed by atoms with Gasteiger partial charge >= 0.3 is 5.97 Å². The zero-order chi connectivity index (χ0) is 10.3. The second-order valence-electron chi connectivity index (χ2n) is 2.42. The SMILES string of the molecule is C=C(C)C(=O)OCC(CO)N=[N+]=[N-]. The topological polar surface area (TPSA) is 95.3 Å². The van der Waals surface area contributed by atoms with E-state index in [-0.39, 0.29) is 18.8 Å². The average molecular weight is 185 g/mol. The number of carbonyl (C=O) groups is 1. The van der Waals surface area contributed by atoms with Crippen LogP contribution in [0.3, 0.4) is 0 Å². The van der Waals surface area contributed by atoms with Gasteiger partial charge in [0.25, 0.3) is 0 Å². The van der Waals surface area contributed by atoms with Gasteiger partial charge in [0.1, 0.15) is 6.61 Å². The Morgan fingerprint density at radius 1 is 1.85 bits per heavy atom. The molecule has 72 valence electrons. The van der Waals surface area contributed by atoms with Crippen molar-refractivity contribution in [2.45, 2.75) is 13.0 Å². The van der Waals surface area contributed by atoms with E-state index in [1.807, 2.05) is 0 Å². The minimum absolute atomic E-state index is 0.133. The molecular formula is C7H11N3O3. The van der Waals surface area contributed by atoms with E-state index in [1.165, 1.54) is 6.92 Å². The predicted molar refractivity (Wildman–Crippen MR) is 45.8 cm³/mol. The van der Waals surface area contributed by atoms with Gasteiger partial charge in [-0.15, -0.1) is 0 Å². The Morgan fingerprint density at radius 3 is 2.85 bits per heavy atom. The molecule has 1 atom stereocenters. The maximum Gasteiger partial charge on any atom is 0.333 e. The fourth-order valence-corrected chi connectivity index (χ4v) is 0.491. The molecule has 0 aliphatic carbocycles. The van der Waals surface area contributed by atoms with Gasteiger partial charge < -0.3 is 9.84 Å². The van der Waals surface area contributed by atoms with Crippen LogP contribution in [0.1, 0.15) is 6.92 Å². The Morgan fingerprint density at radius 2 is 2.46 bits per heavy atom. The third-order valence-corrected chi connectivity index (χ3v) is 1.18. The van der Waals surface area contributed by atoms with Gasteiger partial charge in [0.15, 0.2) is 0 Å². The molecule has 6 heteroatoms. The lowest BCUT2D eigenvalue weighted by Gasteiger charge is -2.07. The van der Waals surface area contributed by atoms with E-state index in [1.54, 1.807) is 0 Å². The lowest BCUT2D eigenvalue weighted by Crippen LogP contribution is -2.20. The first-order chi connectivity index (χ1) is 6.11. The smallest absolute Gasteiger partial charge is 0.333 e. The molecule has 0 saturated heterocycles. The molecule has 0 radical (unpaired) electrons. The van der Waals surface area contributed by atoms with Crippen molar-refractivity contribution in [1.29, 1.82) is 0 Å². The van der Waals surface area contributed by atoms with Crippen LogP contribution in [-0.2, 0) is 9.53 Å². The Hall–Kier alpha value is -1.52. The highest BCUT2D eigenvalue weighted by Gasteiger charge is 2.09. The van der Waals surface area contributed by atoms with Crippen molar-refractivity contribution in [3.05, 3.63) is 22.6 Å². The maximum atomic E-state index is 10.8. The number of hydrogen-bond donors (Lipinski definition) is 1. The Labute approximate surface area is 75.4 Å². The van der Waals surface area contributed by atoms with Crippen molar-refractivity contribution < 1.29 is 14.6 Å². The summed E-state index contributed by atoms with van der Waals surface area (Å²) >= 11 is 0. The fraction of sp³-hybridized carbons (Fsp3) is 0.571. The summed E-state index contributed by atoms with van der Waals surface area (Å²) in [5.74, 6) is -0.563. The number of azide groups is 1. The lowest BCUT2D eigenvalue weighted by molar-refractivity contribution is -0.139. The predicted octanol–water partition coefficient (Wildman–Crippen LogP) is 0.777. The number of carbonyl (C=O) groups excluding carboxylic acids is 1. The number of nitrogens with zero attached hydrogens (tertiary/aromatic N) is 3. The van der Waals surface area contributed by atoms with Crippen LogP contribution >= 0.6 is 0 Å². The molecule has 1 unspecified atom stereocenters. The first-order valence-electron chi connectivity index (χ1n) is 3.59. The highest BCUT2D eigenvalue weighted by Crippen LogP contribution is 1.96. The Balaban J connectivity index is 3.91. The molecule has 6 nitrogen and oxygen atoms in total. The van der Waals surface area contributed by atoms with Gasteiger partial charge in [-0.3, -0.25) is 0 Å². The molecule has 1 N–H and O–H groups in total. The molecule has 0 aromatic heterocycles. The molecule has 0 saturated carbocycles. The molecule has 0 aliphatic heterocycles. The van der Waals surface area contributed by atoms with E-state index in [4.69, 9.17) is 10.6 Å². The number of hydrogen-bond acceptors (Lipinski definition) is 4. The molecule has 0 spiro atoms. The zero-order valence-corrected chi connectivity index (χ0v) is 7.30. The highest BCUT2D eigenvalue weighted by molar-refractivity contribution is 5.86. The summed E-state index contributed by atoms with van der Waals surface area (Å²) in [5.41, 5.74) is 8.29. The summed E-state index contributed by atoms with van der Waals surface area (Å²) < 4.78 is 4.65. The standard InChI is InChI=1S/C7H11N3O3/c1-5(2)7(12)13-4-6(3-11)9-10-8/h6,11H,1,3-4H2,2H3. The Kier molecular flexibility index (Phi) is 5.34. The minimum atomic E-state index is -0.728. The lowest BCUT2D eigenvalue weighted by atomic mass is 10.3. The number of esters is 1. The molecule has 0 aromatic carbocycles. The number of aliphatic hydroxyl groups excluding tert-OH is 1. The summed E-state index contributed by atoms with van der Waals surface area (Å²) in [7, 11) is 0. The molecule has 0 aliphatic rings. The van der Waals surface area contributed by atoms with Crippen LogP contribution in [-0.4, -0.2) is 30.3 Å². The summed E-state index contributed by atoms with van der Waals surface area (Å²) in [6.07, 6.45) is 0. The van der Waals surface area contributed by atoms with E-state index in [0.29, 0.717) is 0 Å².